The molecule has 6 rings (SSSR count). The molecule has 0 radical (unpaired) electrons. The van der Waals surface area contributed by atoms with Crippen molar-refractivity contribution in [2.75, 3.05) is 24.1 Å². The number of hydrazine groups is 2. The van der Waals surface area contributed by atoms with Crippen LogP contribution in [0.5, 0.6) is 0 Å². The van der Waals surface area contributed by atoms with Crippen molar-refractivity contribution in [3.05, 3.63) is 131 Å². The first-order valence-electron chi connectivity index (χ1n) is 17.4. The lowest BCUT2D eigenvalue weighted by molar-refractivity contribution is -0.137. The molecule has 0 spiro atoms. The number of pyridine rings is 2. The highest BCUT2D eigenvalue weighted by atomic mass is 19.4. The number of benzene rings is 2. The second-order valence-electron chi connectivity index (χ2n) is 13.0. The molecule has 0 aliphatic heterocycles. The van der Waals surface area contributed by atoms with Crippen molar-refractivity contribution in [1.82, 2.24) is 44.9 Å². The van der Waals surface area contributed by atoms with Gasteiger partial charge in [-0.3, -0.25) is 20.2 Å². The smallest absolute Gasteiger partial charge is 0.416 e. The highest BCUT2D eigenvalue weighted by molar-refractivity contribution is 5.91. The minimum absolute atomic E-state index is 0.0826. The van der Waals surface area contributed by atoms with Crippen LogP contribution < -0.4 is 21.3 Å². The van der Waals surface area contributed by atoms with Gasteiger partial charge in [-0.2, -0.15) is 13.2 Å². The minimum atomic E-state index is -4.45. The number of nitrogens with two attached hydrogens (primary N) is 1. The van der Waals surface area contributed by atoms with E-state index in [2.05, 4.69) is 41.6 Å². The lowest BCUT2D eigenvalue weighted by Gasteiger charge is -2.19. The van der Waals surface area contributed by atoms with Gasteiger partial charge < -0.3 is 5.11 Å². The molecular formula is C40H43F3N12O3. The molecule has 2 aromatic carbocycles. The van der Waals surface area contributed by atoms with E-state index < -0.39 is 17.7 Å². The molecule has 4 N–H and O–H groups in total. The summed E-state index contributed by atoms with van der Waals surface area (Å²) in [6, 6.07) is 17.3. The Labute approximate surface area is 333 Å². The highest BCUT2D eigenvalue weighted by Gasteiger charge is 2.31. The number of carbonyl (C=O) groups excluding carboxylic acids is 1. The van der Waals surface area contributed by atoms with Crippen molar-refractivity contribution in [3.63, 3.8) is 0 Å². The molecule has 0 bridgehead atoms. The summed E-state index contributed by atoms with van der Waals surface area (Å²) in [6.07, 6.45) is 6.69. The number of hydrogen-bond donors (Lipinski definition) is 3. The van der Waals surface area contributed by atoms with Crippen LogP contribution in [0.3, 0.4) is 0 Å². The number of hydrogen-bond acceptors (Lipinski definition) is 11. The van der Waals surface area contributed by atoms with E-state index in [1.807, 2.05) is 64.1 Å². The van der Waals surface area contributed by atoms with Crippen LogP contribution in [0.4, 0.5) is 24.8 Å². The molecular weight excluding hydrogens is 754 g/mol. The molecule has 0 saturated carbocycles. The number of aromatic nitrogens is 8. The maximum atomic E-state index is 12.8. The van der Waals surface area contributed by atoms with Crippen molar-refractivity contribution >= 4 is 35.9 Å². The van der Waals surface area contributed by atoms with Gasteiger partial charge in [0.1, 0.15) is 24.3 Å². The maximum Gasteiger partial charge on any atom is 0.416 e. The van der Waals surface area contributed by atoms with Crippen LogP contribution in [0.2, 0.25) is 0 Å². The van der Waals surface area contributed by atoms with Gasteiger partial charge in [0.15, 0.2) is 11.6 Å². The monoisotopic (exact) mass is 796 g/mol. The number of nitrogens with zero attached hydrogens (tertiary/aromatic N) is 10. The Bertz CT molecular complexity index is 2380. The van der Waals surface area contributed by atoms with Crippen molar-refractivity contribution < 1.29 is 27.9 Å². The average molecular weight is 797 g/mol. The number of halogens is 3. The van der Waals surface area contributed by atoms with Crippen LogP contribution in [0, 0.1) is 34.6 Å². The van der Waals surface area contributed by atoms with E-state index in [0.717, 1.165) is 62.7 Å². The number of carboxylic acid groups (broad SMARTS) is 1. The summed E-state index contributed by atoms with van der Waals surface area (Å²) in [5.74, 6) is 6.25. The molecule has 1 amide bonds. The van der Waals surface area contributed by atoms with Crippen molar-refractivity contribution in [1.29, 1.82) is 0 Å². The number of amides is 1. The predicted molar refractivity (Wildman–Crippen MR) is 216 cm³/mol. The number of aryl methyl sites for hydroxylation is 5. The van der Waals surface area contributed by atoms with E-state index in [4.69, 9.17) is 10.9 Å². The SMILES string of the molecule is Cc1cc(-c2ncn(/C=C\C(=O)O)n2)cc(C(F)(F)F)c1.Cc1cc(C)cc(-c2ncn(/C=C\C(=O)NN(C)c3ncccc3C)n2)c1.Cc1cccnc1N(C)N. The summed E-state index contributed by atoms with van der Waals surface area (Å²) < 4.78 is 40.9. The number of nitrogens with one attached hydrogen (secondary N) is 1. The minimum Gasteiger partial charge on any atom is -0.478 e. The third-order valence-corrected chi connectivity index (χ3v) is 7.80. The van der Waals surface area contributed by atoms with Gasteiger partial charge >= 0.3 is 12.1 Å². The van der Waals surface area contributed by atoms with E-state index in [1.165, 1.54) is 28.2 Å². The Balaban J connectivity index is 0.000000212. The first-order valence-corrected chi connectivity index (χ1v) is 17.4. The largest absolute Gasteiger partial charge is 0.478 e. The summed E-state index contributed by atoms with van der Waals surface area (Å²) in [6.45, 7) is 9.53. The third-order valence-electron chi connectivity index (χ3n) is 7.80. The average Bonchev–Trinajstić information content (AvgIpc) is 3.84. The molecule has 0 unspecified atom stereocenters. The Morgan fingerprint density at radius 3 is 1.67 bits per heavy atom. The Hall–Kier alpha value is -7.21. The van der Waals surface area contributed by atoms with Crippen molar-refractivity contribution in [2.45, 2.75) is 40.8 Å². The molecule has 302 valence electrons. The Morgan fingerprint density at radius 1 is 0.724 bits per heavy atom. The quantitative estimate of drug-likeness (QED) is 0.0829. The molecule has 6 aromatic rings. The summed E-state index contributed by atoms with van der Waals surface area (Å²) >= 11 is 0. The van der Waals surface area contributed by atoms with Gasteiger partial charge in [-0.15, -0.1) is 10.2 Å². The normalized spacial score (nSPS) is 11.1. The fourth-order valence-corrected chi connectivity index (χ4v) is 5.35. The molecule has 4 heterocycles. The summed E-state index contributed by atoms with van der Waals surface area (Å²) in [7, 11) is 3.52. The van der Waals surface area contributed by atoms with E-state index in [9.17, 15) is 22.8 Å². The van der Waals surface area contributed by atoms with Gasteiger partial charge in [-0.05, 0) is 93.8 Å². The fourth-order valence-electron chi connectivity index (χ4n) is 5.35. The zero-order chi connectivity index (χ0) is 42.6. The lowest BCUT2D eigenvalue weighted by atomic mass is 10.1. The van der Waals surface area contributed by atoms with Crippen molar-refractivity contribution in [3.8, 4) is 22.8 Å². The van der Waals surface area contributed by atoms with Crippen LogP contribution in [-0.4, -0.2) is 70.6 Å². The van der Waals surface area contributed by atoms with Crippen molar-refractivity contribution in [2.24, 2.45) is 5.84 Å². The molecule has 4 aromatic heterocycles. The molecule has 0 fully saturated rings. The van der Waals surface area contributed by atoms with E-state index in [-0.39, 0.29) is 17.3 Å². The zero-order valence-electron chi connectivity index (χ0n) is 32.8. The summed E-state index contributed by atoms with van der Waals surface area (Å²) in [5, 5.41) is 19.9. The Kier molecular flexibility index (Phi) is 14.7. The van der Waals surface area contributed by atoms with Crippen LogP contribution >= 0.6 is 0 Å². The molecule has 15 nitrogen and oxygen atoms in total. The standard InChI is InChI=1S/C20H22N6O.C13H10F3N3O2.C7H11N3/c1-14-10-15(2)12-17(11-14)19-22-13-26(24-19)9-7-18(27)23-25(4)20-16(3)6-5-8-21-20;1-8-4-9(6-10(5-8)13(14,15)16)12-17-7-19(18-12)3-2-11(20)21;1-6-4-3-5-9-7(6)10(2)8/h5-13H,1-4H3,(H,23,27);2-7H,1H3,(H,20,21);3-5H,8H2,1-2H3/b9-7-;3-2-;. The first-order chi connectivity index (χ1) is 27.4. The number of carbonyl (C=O) groups is 2. The highest BCUT2D eigenvalue weighted by Crippen LogP contribution is 2.32. The first kappa shape index (κ1) is 43.5. The fraction of sp³-hybridized carbons (Fsp3) is 0.200. The molecule has 0 atom stereocenters. The number of alkyl halides is 3. The predicted octanol–water partition coefficient (Wildman–Crippen LogP) is 6.43. The number of carboxylic acids is 1. The van der Waals surface area contributed by atoms with E-state index in [1.54, 1.807) is 50.9 Å². The van der Waals surface area contributed by atoms with Gasteiger partial charge in [0, 0.05) is 62.2 Å². The third kappa shape index (κ3) is 12.9. The van der Waals surface area contributed by atoms with Gasteiger partial charge in [0.2, 0.25) is 0 Å². The van der Waals surface area contributed by atoms with Gasteiger partial charge in [0.25, 0.3) is 5.91 Å². The van der Waals surface area contributed by atoms with Crippen LogP contribution in [0.15, 0.2) is 97.9 Å². The molecule has 58 heavy (non-hydrogen) atoms. The van der Waals surface area contributed by atoms with Gasteiger partial charge in [-0.1, -0.05) is 29.3 Å². The summed E-state index contributed by atoms with van der Waals surface area (Å²) in [4.78, 5) is 39.0. The number of aliphatic carboxylic acids is 1. The summed E-state index contributed by atoms with van der Waals surface area (Å²) in [5.41, 5.74) is 7.93. The second kappa shape index (κ2) is 19.6. The topological polar surface area (TPSA) is 186 Å². The number of rotatable bonds is 9. The molecule has 0 aliphatic carbocycles. The molecule has 18 heteroatoms. The van der Waals surface area contributed by atoms with Crippen LogP contribution in [-0.2, 0) is 15.8 Å². The van der Waals surface area contributed by atoms with Crippen LogP contribution in [0.25, 0.3) is 35.2 Å². The molecule has 0 aliphatic rings. The second-order valence-corrected chi connectivity index (χ2v) is 13.0. The van der Waals surface area contributed by atoms with Gasteiger partial charge in [0.05, 0.1) is 5.56 Å². The zero-order valence-corrected chi connectivity index (χ0v) is 32.8. The van der Waals surface area contributed by atoms with E-state index in [0.29, 0.717) is 17.2 Å². The van der Waals surface area contributed by atoms with Crippen LogP contribution in [0.1, 0.15) is 33.4 Å². The molecule has 0 saturated heterocycles. The van der Waals surface area contributed by atoms with E-state index >= 15 is 0 Å². The number of anilines is 2. The maximum absolute atomic E-state index is 12.8. The lowest BCUT2D eigenvalue weighted by Crippen LogP contribution is -2.39. The Morgan fingerprint density at radius 2 is 1.21 bits per heavy atom. The van der Waals surface area contributed by atoms with Gasteiger partial charge in [-0.25, -0.2) is 39.9 Å².